The molecule has 5 nitrogen and oxygen atoms in total. The molecule has 12 rings (SSSR count). The fourth-order valence-corrected chi connectivity index (χ4v) is 9.00. The number of allylic oxidation sites excluding steroid dienone is 4. The van der Waals surface area contributed by atoms with Gasteiger partial charge in [0.25, 0.3) is 0 Å². The van der Waals surface area contributed by atoms with Crippen LogP contribution in [0.4, 0.5) is 0 Å². The summed E-state index contributed by atoms with van der Waals surface area (Å²) in [7, 11) is 0. The standard InChI is InChI=1S/C53H34N4O/c1-3-14-34(15-4-1)51-54-52(35-16-5-2-6-17-35)56-53(55-51)42-23-13-25-47-50(42)49-41-22-10-9-20-39(41)43(32-48(49)58-47)33-26-28-38(29-27-33)57-45-24-12-11-21-40(45)44-30-36-18-7-8-19-37(36)31-46(44)57/h1-16,18-32,35H,17H2. The Labute approximate surface area is 333 Å². The molecule has 0 aliphatic heterocycles. The van der Waals surface area contributed by atoms with Crippen LogP contribution in [0, 0.1) is 0 Å². The minimum atomic E-state index is 0.0686. The lowest BCUT2D eigenvalue weighted by atomic mass is 9.93. The summed E-state index contributed by atoms with van der Waals surface area (Å²) in [4.78, 5) is 15.3. The molecule has 272 valence electrons. The van der Waals surface area contributed by atoms with Gasteiger partial charge in [0, 0.05) is 44.3 Å². The summed E-state index contributed by atoms with van der Waals surface area (Å²) in [6.45, 7) is 0. The Bertz CT molecular complexity index is 3480. The van der Waals surface area contributed by atoms with Crippen LogP contribution in [-0.2, 0) is 0 Å². The van der Waals surface area contributed by atoms with Crippen LogP contribution in [0.5, 0.6) is 0 Å². The predicted octanol–water partition coefficient (Wildman–Crippen LogP) is 13.8. The van der Waals surface area contributed by atoms with Crippen molar-refractivity contribution >= 4 is 65.3 Å². The van der Waals surface area contributed by atoms with Crippen molar-refractivity contribution in [3.63, 3.8) is 0 Å². The number of benzene rings is 8. The molecule has 1 atom stereocenters. The Balaban J connectivity index is 1.02. The number of nitrogens with zero attached hydrogens (tertiary/aromatic N) is 4. The second kappa shape index (κ2) is 13.0. The molecule has 0 fully saturated rings. The smallest absolute Gasteiger partial charge is 0.164 e. The molecule has 3 heterocycles. The molecule has 58 heavy (non-hydrogen) atoms. The molecule has 0 bridgehead atoms. The van der Waals surface area contributed by atoms with Crippen molar-refractivity contribution in [1.29, 1.82) is 0 Å². The zero-order chi connectivity index (χ0) is 38.2. The summed E-state index contributed by atoms with van der Waals surface area (Å²) in [6.07, 6.45) is 9.35. The van der Waals surface area contributed by atoms with E-state index in [1.807, 2.05) is 30.3 Å². The fourth-order valence-electron chi connectivity index (χ4n) is 9.00. The molecule has 0 amide bonds. The Morgan fingerprint density at radius 2 is 1.22 bits per heavy atom. The minimum absolute atomic E-state index is 0.0686. The van der Waals surface area contributed by atoms with Gasteiger partial charge in [-0.25, -0.2) is 15.0 Å². The number of fused-ring (bicyclic) bond motifs is 9. The lowest BCUT2D eigenvalue weighted by Crippen LogP contribution is -2.07. The van der Waals surface area contributed by atoms with Crippen LogP contribution in [0.3, 0.4) is 0 Å². The molecule has 0 spiro atoms. The van der Waals surface area contributed by atoms with Crippen LogP contribution >= 0.6 is 0 Å². The monoisotopic (exact) mass is 742 g/mol. The van der Waals surface area contributed by atoms with Gasteiger partial charge < -0.3 is 8.98 Å². The number of aromatic nitrogens is 4. The van der Waals surface area contributed by atoms with Crippen LogP contribution < -0.4 is 0 Å². The van der Waals surface area contributed by atoms with Gasteiger partial charge in [0.05, 0.1) is 11.0 Å². The highest BCUT2D eigenvalue weighted by Gasteiger charge is 2.22. The van der Waals surface area contributed by atoms with Crippen molar-refractivity contribution in [3.05, 3.63) is 194 Å². The van der Waals surface area contributed by atoms with Crippen LogP contribution in [0.15, 0.2) is 193 Å². The zero-order valence-electron chi connectivity index (χ0n) is 31.4. The number of hydrogen-bond donors (Lipinski definition) is 0. The van der Waals surface area contributed by atoms with E-state index in [1.54, 1.807) is 0 Å². The molecular formula is C53H34N4O. The first kappa shape index (κ1) is 32.6. The van der Waals surface area contributed by atoms with Crippen molar-refractivity contribution < 1.29 is 4.42 Å². The number of furan rings is 1. The molecule has 5 heteroatoms. The summed E-state index contributed by atoms with van der Waals surface area (Å²) >= 11 is 0. The molecule has 0 saturated heterocycles. The van der Waals surface area contributed by atoms with Gasteiger partial charge in [-0.1, -0.05) is 146 Å². The van der Waals surface area contributed by atoms with E-state index in [4.69, 9.17) is 19.4 Å². The van der Waals surface area contributed by atoms with Gasteiger partial charge in [0.15, 0.2) is 11.6 Å². The van der Waals surface area contributed by atoms with Crippen molar-refractivity contribution in [2.45, 2.75) is 12.3 Å². The maximum absolute atomic E-state index is 6.76. The Hall–Kier alpha value is -7.63. The van der Waals surface area contributed by atoms with Crippen molar-refractivity contribution in [3.8, 4) is 39.6 Å². The van der Waals surface area contributed by atoms with E-state index in [9.17, 15) is 0 Å². The average Bonchev–Trinajstić information content (AvgIpc) is 3.84. The van der Waals surface area contributed by atoms with Crippen LogP contribution in [0.1, 0.15) is 18.2 Å². The molecule has 0 saturated carbocycles. The topological polar surface area (TPSA) is 56.7 Å². The molecule has 0 radical (unpaired) electrons. The first-order valence-electron chi connectivity index (χ1n) is 19.8. The second-order valence-electron chi connectivity index (χ2n) is 15.1. The van der Waals surface area contributed by atoms with Crippen molar-refractivity contribution in [1.82, 2.24) is 19.5 Å². The molecule has 3 aromatic heterocycles. The summed E-state index contributed by atoms with van der Waals surface area (Å²) in [6, 6.07) is 58.1. The molecule has 1 aliphatic carbocycles. The molecule has 11 aromatic rings. The highest BCUT2D eigenvalue weighted by molar-refractivity contribution is 6.25. The molecule has 1 aliphatic rings. The van der Waals surface area contributed by atoms with Crippen LogP contribution in [0.25, 0.3) is 105 Å². The third kappa shape index (κ3) is 5.14. The van der Waals surface area contributed by atoms with Gasteiger partial charge in [-0.2, -0.15) is 0 Å². The van der Waals surface area contributed by atoms with Gasteiger partial charge in [-0.05, 0) is 81.6 Å². The van der Waals surface area contributed by atoms with Crippen molar-refractivity contribution in [2.75, 3.05) is 0 Å². The molecule has 8 aromatic carbocycles. The first-order chi connectivity index (χ1) is 28.7. The highest BCUT2D eigenvalue weighted by atomic mass is 16.3. The van der Waals surface area contributed by atoms with E-state index >= 15 is 0 Å². The maximum atomic E-state index is 6.76. The first-order valence-corrected chi connectivity index (χ1v) is 19.8. The quantitative estimate of drug-likeness (QED) is 0.176. The summed E-state index contributed by atoms with van der Waals surface area (Å²) < 4.78 is 9.15. The van der Waals surface area contributed by atoms with Gasteiger partial charge >= 0.3 is 0 Å². The third-order valence-electron chi connectivity index (χ3n) is 11.7. The summed E-state index contributed by atoms with van der Waals surface area (Å²) in [5.41, 5.74) is 9.26. The van der Waals surface area contributed by atoms with Crippen LogP contribution in [-0.4, -0.2) is 19.5 Å². The molecular weight excluding hydrogens is 709 g/mol. The Morgan fingerprint density at radius 3 is 2.05 bits per heavy atom. The molecule has 0 N–H and O–H groups in total. The predicted molar refractivity (Wildman–Crippen MR) is 238 cm³/mol. The van der Waals surface area contributed by atoms with E-state index in [0.29, 0.717) is 11.6 Å². The van der Waals surface area contributed by atoms with E-state index in [-0.39, 0.29) is 5.92 Å². The lowest BCUT2D eigenvalue weighted by molar-refractivity contribution is 0.669. The number of rotatable bonds is 5. The van der Waals surface area contributed by atoms with Gasteiger partial charge in [-0.3, -0.25) is 0 Å². The normalized spacial score (nSPS) is 14.2. The van der Waals surface area contributed by atoms with Gasteiger partial charge in [0.2, 0.25) is 0 Å². The maximum Gasteiger partial charge on any atom is 0.164 e. The van der Waals surface area contributed by atoms with Crippen molar-refractivity contribution in [2.24, 2.45) is 0 Å². The van der Waals surface area contributed by atoms with Gasteiger partial charge in [-0.15, -0.1) is 0 Å². The SMILES string of the molecule is C1=CCC(c2nc(-c3ccccc3)nc(-c3cccc4oc5cc(-c6ccc(-n7c8ccccc8c8cc9ccccc9cc87)cc6)c6ccccc6c5c34)n2)C=C1. The van der Waals surface area contributed by atoms with E-state index in [0.717, 1.165) is 72.9 Å². The van der Waals surface area contributed by atoms with E-state index in [2.05, 4.69) is 162 Å². The summed E-state index contributed by atoms with van der Waals surface area (Å²) in [5.74, 6) is 2.14. The average molecular weight is 743 g/mol. The number of para-hydroxylation sites is 1. The highest BCUT2D eigenvalue weighted by Crippen LogP contribution is 2.44. The zero-order valence-corrected chi connectivity index (χ0v) is 31.4. The third-order valence-corrected chi connectivity index (χ3v) is 11.7. The number of hydrogen-bond acceptors (Lipinski definition) is 4. The second-order valence-corrected chi connectivity index (χ2v) is 15.1. The lowest BCUT2D eigenvalue weighted by Gasteiger charge is -2.15. The summed E-state index contributed by atoms with van der Waals surface area (Å²) in [5, 5.41) is 9.33. The van der Waals surface area contributed by atoms with E-state index < -0.39 is 0 Å². The molecule has 1 unspecified atom stereocenters. The van der Waals surface area contributed by atoms with E-state index in [1.165, 1.54) is 32.6 Å². The Kier molecular flexibility index (Phi) is 7.29. The minimum Gasteiger partial charge on any atom is -0.456 e. The fraction of sp³-hybridized carbons (Fsp3) is 0.0377. The largest absolute Gasteiger partial charge is 0.456 e. The Morgan fingerprint density at radius 1 is 0.483 bits per heavy atom. The van der Waals surface area contributed by atoms with Gasteiger partial charge in [0.1, 0.15) is 17.0 Å². The van der Waals surface area contributed by atoms with Crippen LogP contribution in [0.2, 0.25) is 0 Å².